The second-order valence-electron chi connectivity index (χ2n) is 11.2. The van der Waals surface area contributed by atoms with E-state index >= 15 is 0 Å². The largest absolute Gasteiger partial charge is 0.507 e. The number of ketones is 1. The zero-order valence-electron chi connectivity index (χ0n) is 24.3. The van der Waals surface area contributed by atoms with E-state index < -0.39 is 17.7 Å². The lowest BCUT2D eigenvalue weighted by molar-refractivity contribution is -0.132. The van der Waals surface area contributed by atoms with Crippen LogP contribution in [0.2, 0.25) is 0 Å². The van der Waals surface area contributed by atoms with Gasteiger partial charge in [0, 0.05) is 12.0 Å². The normalized spacial score (nSPS) is 19.4. The zero-order valence-corrected chi connectivity index (χ0v) is 25.1. The van der Waals surface area contributed by atoms with Crippen LogP contribution in [0.15, 0.2) is 60.2 Å². The number of carbonyl (C=O) groups excluding carboxylic acids is 2. The number of fused-ring (bicyclic) bond motifs is 2. The van der Waals surface area contributed by atoms with Crippen molar-refractivity contribution in [2.24, 2.45) is 0 Å². The van der Waals surface area contributed by atoms with Gasteiger partial charge < -0.3 is 14.6 Å². The second kappa shape index (κ2) is 11.2. The standard InChI is InChI=1S/C34H34N2O5S/c1-5-6-7-13-40-25-10-8-9-22(18-25)30-28(31(37)23-11-12-26-24(17-23)16-21(4)41-26)32(38)33(39)36(30)34-35-29-20(3)14-19(2)15-27(29)42-34/h8-12,14-15,17-18,21,30,37H,5-7,13,16H2,1-4H3/b31-28-. The van der Waals surface area contributed by atoms with Crippen molar-refractivity contribution in [3.8, 4) is 11.5 Å². The summed E-state index contributed by atoms with van der Waals surface area (Å²) in [5.74, 6) is -0.269. The average molecular weight is 583 g/mol. The van der Waals surface area contributed by atoms with Gasteiger partial charge in [-0.3, -0.25) is 14.5 Å². The number of rotatable bonds is 8. The predicted octanol–water partition coefficient (Wildman–Crippen LogP) is 7.43. The van der Waals surface area contributed by atoms with E-state index in [-0.39, 0.29) is 17.4 Å². The summed E-state index contributed by atoms with van der Waals surface area (Å²) in [6, 6.07) is 16.0. The topological polar surface area (TPSA) is 89.0 Å². The number of ether oxygens (including phenoxy) is 2. The molecule has 2 aliphatic heterocycles. The molecule has 2 unspecified atom stereocenters. The molecule has 2 atom stereocenters. The van der Waals surface area contributed by atoms with Gasteiger partial charge in [0.15, 0.2) is 5.13 Å². The number of thiazole rings is 1. The van der Waals surface area contributed by atoms with E-state index in [1.54, 1.807) is 6.07 Å². The summed E-state index contributed by atoms with van der Waals surface area (Å²) < 4.78 is 12.8. The Hall–Kier alpha value is -4.17. The molecule has 1 amide bonds. The number of unbranched alkanes of at least 4 members (excludes halogenated alkanes) is 2. The van der Waals surface area contributed by atoms with Crippen LogP contribution in [-0.4, -0.2) is 34.5 Å². The van der Waals surface area contributed by atoms with Crippen LogP contribution in [0, 0.1) is 13.8 Å². The van der Waals surface area contributed by atoms with Crippen molar-refractivity contribution in [3.63, 3.8) is 0 Å². The number of anilines is 1. The maximum Gasteiger partial charge on any atom is 0.301 e. The van der Waals surface area contributed by atoms with Gasteiger partial charge in [-0.25, -0.2) is 4.98 Å². The molecule has 0 aliphatic carbocycles. The van der Waals surface area contributed by atoms with Gasteiger partial charge in [0.25, 0.3) is 5.78 Å². The molecule has 216 valence electrons. The number of amides is 1. The summed E-state index contributed by atoms with van der Waals surface area (Å²) in [5.41, 5.74) is 5.00. The third kappa shape index (κ3) is 5.04. The van der Waals surface area contributed by atoms with Gasteiger partial charge in [-0.1, -0.05) is 49.3 Å². The summed E-state index contributed by atoms with van der Waals surface area (Å²) in [6.45, 7) is 8.71. The average Bonchev–Trinajstić information content (AvgIpc) is 3.63. The molecule has 0 bridgehead atoms. The highest BCUT2D eigenvalue weighted by molar-refractivity contribution is 7.22. The monoisotopic (exact) mass is 582 g/mol. The minimum atomic E-state index is -0.880. The molecule has 1 fully saturated rings. The molecule has 1 N–H and O–H groups in total. The van der Waals surface area contributed by atoms with E-state index in [0.29, 0.717) is 35.0 Å². The Labute approximate surface area is 249 Å². The smallest absolute Gasteiger partial charge is 0.301 e. The van der Waals surface area contributed by atoms with Crippen molar-refractivity contribution in [1.29, 1.82) is 0 Å². The summed E-state index contributed by atoms with van der Waals surface area (Å²) >= 11 is 1.37. The van der Waals surface area contributed by atoms with E-state index in [1.807, 2.05) is 63.2 Å². The number of aryl methyl sites for hydroxylation is 2. The van der Waals surface area contributed by atoms with Crippen molar-refractivity contribution in [2.45, 2.75) is 65.5 Å². The minimum Gasteiger partial charge on any atom is -0.507 e. The first-order valence-electron chi connectivity index (χ1n) is 14.5. The molecular formula is C34H34N2O5S. The first-order valence-corrected chi connectivity index (χ1v) is 15.3. The number of benzene rings is 3. The van der Waals surface area contributed by atoms with Crippen molar-refractivity contribution in [1.82, 2.24) is 4.98 Å². The SMILES string of the molecule is CCCCCOc1cccc(C2/C(=C(/O)c3ccc4c(c3)CC(C)O4)C(=O)C(=O)N2c2nc3c(C)cc(C)cc3s2)c1. The van der Waals surface area contributed by atoms with Gasteiger partial charge in [-0.15, -0.1) is 0 Å². The molecule has 0 spiro atoms. The molecule has 1 aromatic heterocycles. The van der Waals surface area contributed by atoms with E-state index in [9.17, 15) is 14.7 Å². The number of nitrogens with zero attached hydrogens (tertiary/aromatic N) is 2. The Morgan fingerprint density at radius 3 is 2.76 bits per heavy atom. The van der Waals surface area contributed by atoms with Crippen molar-refractivity contribution >= 4 is 44.1 Å². The fourth-order valence-corrected chi connectivity index (χ4v) is 7.02. The fourth-order valence-electron chi connectivity index (χ4n) is 5.85. The summed E-state index contributed by atoms with van der Waals surface area (Å²) in [4.78, 5) is 33.8. The van der Waals surface area contributed by atoms with Crippen LogP contribution < -0.4 is 14.4 Å². The molecule has 0 radical (unpaired) electrons. The number of carbonyl (C=O) groups is 2. The van der Waals surface area contributed by atoms with Crippen LogP contribution in [-0.2, 0) is 16.0 Å². The molecular weight excluding hydrogens is 548 g/mol. The first kappa shape index (κ1) is 28.0. The van der Waals surface area contributed by atoms with Gasteiger partial charge in [0.05, 0.1) is 28.4 Å². The zero-order chi connectivity index (χ0) is 29.5. The quantitative estimate of drug-likeness (QED) is 0.101. The molecule has 6 rings (SSSR count). The van der Waals surface area contributed by atoms with Crippen LogP contribution in [0.25, 0.3) is 16.0 Å². The maximum absolute atomic E-state index is 13.8. The van der Waals surface area contributed by atoms with E-state index in [4.69, 9.17) is 14.5 Å². The number of Topliss-reactive ketones (excluding diaryl/α,β-unsaturated/α-hetero) is 1. The maximum atomic E-state index is 13.8. The molecule has 2 aliphatic rings. The Kier molecular flexibility index (Phi) is 7.49. The van der Waals surface area contributed by atoms with Crippen LogP contribution in [0.5, 0.6) is 11.5 Å². The predicted molar refractivity (Wildman–Crippen MR) is 166 cm³/mol. The highest BCUT2D eigenvalue weighted by atomic mass is 32.1. The first-order chi connectivity index (χ1) is 20.2. The number of aromatic nitrogens is 1. The Morgan fingerprint density at radius 1 is 1.12 bits per heavy atom. The Balaban J connectivity index is 1.49. The van der Waals surface area contributed by atoms with Crippen molar-refractivity contribution in [3.05, 3.63) is 88.0 Å². The van der Waals surface area contributed by atoms with Crippen LogP contribution in [0.1, 0.15) is 67.0 Å². The third-order valence-electron chi connectivity index (χ3n) is 7.83. The van der Waals surface area contributed by atoms with Crippen molar-refractivity contribution < 1.29 is 24.2 Å². The number of hydrogen-bond acceptors (Lipinski definition) is 7. The minimum absolute atomic E-state index is 0.0298. The van der Waals surface area contributed by atoms with Gasteiger partial charge in [0.1, 0.15) is 23.4 Å². The van der Waals surface area contributed by atoms with E-state index in [0.717, 1.165) is 51.9 Å². The summed E-state index contributed by atoms with van der Waals surface area (Å²) in [6.07, 6.45) is 3.84. The molecule has 1 saturated heterocycles. The highest BCUT2D eigenvalue weighted by Crippen LogP contribution is 2.45. The van der Waals surface area contributed by atoms with Crippen LogP contribution in [0.3, 0.4) is 0 Å². The second-order valence-corrected chi connectivity index (χ2v) is 12.2. The van der Waals surface area contributed by atoms with Crippen molar-refractivity contribution in [2.75, 3.05) is 11.5 Å². The third-order valence-corrected chi connectivity index (χ3v) is 8.83. The summed E-state index contributed by atoms with van der Waals surface area (Å²) in [5, 5.41) is 12.1. The molecule has 8 heteroatoms. The van der Waals surface area contributed by atoms with Gasteiger partial charge in [-0.05, 0) is 85.8 Å². The Bertz CT molecular complexity index is 1740. The molecule has 0 saturated carbocycles. The van der Waals surface area contributed by atoms with Gasteiger partial charge in [0.2, 0.25) is 0 Å². The number of hydrogen-bond donors (Lipinski definition) is 1. The Morgan fingerprint density at radius 2 is 1.95 bits per heavy atom. The summed E-state index contributed by atoms with van der Waals surface area (Å²) in [7, 11) is 0. The van der Waals surface area contributed by atoms with Crippen LogP contribution >= 0.6 is 11.3 Å². The molecule has 3 aromatic carbocycles. The van der Waals surface area contributed by atoms with Crippen LogP contribution in [0.4, 0.5) is 5.13 Å². The molecule has 42 heavy (non-hydrogen) atoms. The highest BCUT2D eigenvalue weighted by Gasteiger charge is 2.48. The lowest BCUT2D eigenvalue weighted by atomic mass is 9.94. The van der Waals surface area contributed by atoms with E-state index in [2.05, 4.69) is 13.0 Å². The molecule has 4 aromatic rings. The lowest BCUT2D eigenvalue weighted by Gasteiger charge is -2.23. The molecule has 3 heterocycles. The lowest BCUT2D eigenvalue weighted by Crippen LogP contribution is -2.29. The molecule has 7 nitrogen and oxygen atoms in total. The van der Waals surface area contributed by atoms with E-state index in [1.165, 1.54) is 16.2 Å². The number of aliphatic hydroxyl groups is 1. The van der Waals surface area contributed by atoms with Gasteiger partial charge in [-0.2, -0.15) is 0 Å². The fraction of sp³-hybridized carbons (Fsp3) is 0.324. The number of aliphatic hydroxyl groups excluding tert-OH is 1. The van der Waals surface area contributed by atoms with Gasteiger partial charge >= 0.3 is 5.91 Å².